The Balaban J connectivity index is 1.85. The van der Waals surface area contributed by atoms with Crippen molar-refractivity contribution < 1.29 is 18.7 Å². The summed E-state index contributed by atoms with van der Waals surface area (Å²) >= 11 is 0. The zero-order valence-electron chi connectivity index (χ0n) is 14.2. The summed E-state index contributed by atoms with van der Waals surface area (Å²) in [5.74, 6) is 0.675. The lowest BCUT2D eigenvalue weighted by atomic mass is 9.96. The average molecular weight is 328 g/mol. The summed E-state index contributed by atoms with van der Waals surface area (Å²) in [5.41, 5.74) is 1.12. The van der Waals surface area contributed by atoms with Crippen LogP contribution in [-0.2, 0) is 16.0 Å². The van der Waals surface area contributed by atoms with Gasteiger partial charge in [-0.05, 0) is 45.4 Å². The van der Waals surface area contributed by atoms with E-state index in [0.717, 1.165) is 10.9 Å². The van der Waals surface area contributed by atoms with Crippen LogP contribution in [0.15, 0.2) is 45.3 Å². The van der Waals surface area contributed by atoms with Crippen molar-refractivity contribution in [2.24, 2.45) is 0 Å². The highest BCUT2D eigenvalue weighted by Crippen LogP contribution is 2.37. The summed E-state index contributed by atoms with van der Waals surface area (Å²) in [5, 5.41) is 0.864. The molecule has 0 fully saturated rings. The van der Waals surface area contributed by atoms with Gasteiger partial charge in [-0.15, -0.1) is 0 Å². The van der Waals surface area contributed by atoms with Crippen molar-refractivity contribution in [2.45, 2.75) is 45.8 Å². The molecule has 1 aromatic carbocycles. The summed E-state index contributed by atoms with van der Waals surface area (Å²) < 4.78 is 17.0. The Morgan fingerprint density at radius 2 is 2.04 bits per heavy atom. The molecular weight excluding hydrogens is 308 g/mol. The highest BCUT2D eigenvalue weighted by Gasteiger charge is 2.38. The van der Waals surface area contributed by atoms with Crippen LogP contribution in [0.3, 0.4) is 0 Å². The number of hydrogen-bond donors (Lipinski definition) is 0. The molecule has 0 radical (unpaired) electrons. The van der Waals surface area contributed by atoms with E-state index in [2.05, 4.69) is 0 Å². The minimum atomic E-state index is -0.608. The summed E-state index contributed by atoms with van der Waals surface area (Å²) in [4.78, 5) is 22.7. The smallest absolute Gasteiger partial charge is 0.336 e. The Labute approximate surface area is 139 Å². The molecule has 2 aromatic rings. The van der Waals surface area contributed by atoms with Crippen molar-refractivity contribution in [3.63, 3.8) is 0 Å². The SMILES string of the molecule is CC(=O)/C(C)=C\OC(C)(C)[C@@H]1Cc2cc3ccc(=O)oc3cc2O1. The minimum Gasteiger partial charge on any atom is -0.491 e. The first-order chi connectivity index (χ1) is 11.3. The van der Waals surface area contributed by atoms with Crippen LogP contribution >= 0.6 is 0 Å². The van der Waals surface area contributed by atoms with Crippen LogP contribution in [0.25, 0.3) is 11.0 Å². The molecule has 0 unspecified atom stereocenters. The van der Waals surface area contributed by atoms with Gasteiger partial charge >= 0.3 is 5.63 Å². The molecule has 3 rings (SSSR count). The van der Waals surface area contributed by atoms with E-state index in [1.54, 1.807) is 19.1 Å². The molecule has 5 nitrogen and oxygen atoms in total. The fourth-order valence-electron chi connectivity index (χ4n) is 2.59. The Morgan fingerprint density at radius 3 is 2.75 bits per heavy atom. The van der Waals surface area contributed by atoms with Gasteiger partial charge in [-0.1, -0.05) is 0 Å². The molecular formula is C19H20O5. The quantitative estimate of drug-likeness (QED) is 0.489. The fourth-order valence-corrected chi connectivity index (χ4v) is 2.59. The third-order valence-electron chi connectivity index (χ3n) is 4.35. The predicted molar refractivity (Wildman–Crippen MR) is 90.2 cm³/mol. The molecule has 1 aliphatic rings. The third kappa shape index (κ3) is 3.07. The number of Topliss-reactive ketones (excluding diaryl/α,β-unsaturated/α-hetero) is 1. The molecule has 0 N–H and O–H groups in total. The fraction of sp³-hybridized carbons (Fsp3) is 0.368. The molecule has 0 amide bonds. The molecule has 5 heteroatoms. The lowest BCUT2D eigenvalue weighted by Gasteiger charge is -2.30. The third-order valence-corrected chi connectivity index (χ3v) is 4.35. The van der Waals surface area contributed by atoms with E-state index < -0.39 is 5.60 Å². The van der Waals surface area contributed by atoms with Crippen molar-refractivity contribution in [3.05, 3.63) is 52.1 Å². The highest BCUT2D eigenvalue weighted by atomic mass is 16.6. The van der Waals surface area contributed by atoms with Gasteiger partial charge in [0.2, 0.25) is 0 Å². The van der Waals surface area contributed by atoms with Crippen LogP contribution in [0.2, 0.25) is 0 Å². The number of ether oxygens (including phenoxy) is 2. The molecule has 0 saturated heterocycles. The first-order valence-corrected chi connectivity index (χ1v) is 7.85. The second-order valence-corrected chi connectivity index (χ2v) is 6.64. The van der Waals surface area contributed by atoms with Crippen LogP contribution in [0.5, 0.6) is 5.75 Å². The van der Waals surface area contributed by atoms with E-state index >= 15 is 0 Å². The number of benzene rings is 1. The predicted octanol–water partition coefficient (Wildman–Crippen LogP) is 3.38. The monoisotopic (exact) mass is 328 g/mol. The van der Waals surface area contributed by atoms with Gasteiger partial charge in [0, 0.05) is 29.5 Å². The van der Waals surface area contributed by atoms with Crippen molar-refractivity contribution in [1.82, 2.24) is 0 Å². The van der Waals surface area contributed by atoms with Crippen molar-refractivity contribution in [1.29, 1.82) is 0 Å². The van der Waals surface area contributed by atoms with Crippen LogP contribution in [0, 0.1) is 0 Å². The molecule has 0 saturated carbocycles. The molecule has 0 aliphatic carbocycles. The second-order valence-electron chi connectivity index (χ2n) is 6.64. The Kier molecular flexibility index (Phi) is 3.95. The molecule has 126 valence electrons. The lowest BCUT2D eigenvalue weighted by molar-refractivity contribution is -0.113. The average Bonchev–Trinajstić information content (AvgIpc) is 2.94. The highest BCUT2D eigenvalue weighted by molar-refractivity contribution is 5.92. The van der Waals surface area contributed by atoms with Gasteiger partial charge in [-0.3, -0.25) is 4.79 Å². The molecule has 1 atom stereocenters. The summed E-state index contributed by atoms with van der Waals surface area (Å²) in [6.45, 7) is 7.07. The number of hydrogen-bond acceptors (Lipinski definition) is 5. The van der Waals surface area contributed by atoms with E-state index in [1.165, 1.54) is 19.3 Å². The number of ketones is 1. The number of carbonyl (C=O) groups excluding carboxylic acids is 1. The van der Waals surface area contributed by atoms with Crippen molar-refractivity contribution >= 4 is 16.8 Å². The van der Waals surface area contributed by atoms with E-state index in [0.29, 0.717) is 23.3 Å². The zero-order valence-corrected chi connectivity index (χ0v) is 14.2. The Hall–Kier alpha value is -2.56. The molecule has 2 heterocycles. The maximum absolute atomic E-state index is 11.3. The second kappa shape index (κ2) is 5.82. The van der Waals surface area contributed by atoms with E-state index in [-0.39, 0.29) is 17.5 Å². The van der Waals surface area contributed by atoms with Crippen LogP contribution in [0.4, 0.5) is 0 Å². The van der Waals surface area contributed by atoms with Crippen molar-refractivity contribution in [2.75, 3.05) is 0 Å². The van der Waals surface area contributed by atoms with E-state index in [1.807, 2.05) is 19.9 Å². The normalized spacial score (nSPS) is 17.5. The molecule has 1 aromatic heterocycles. The number of carbonyl (C=O) groups is 1. The Bertz CT molecular complexity index is 888. The van der Waals surface area contributed by atoms with Gasteiger partial charge in [-0.25, -0.2) is 4.79 Å². The van der Waals surface area contributed by atoms with Crippen LogP contribution in [-0.4, -0.2) is 17.5 Å². The number of rotatable bonds is 4. The lowest BCUT2D eigenvalue weighted by Crippen LogP contribution is -2.41. The largest absolute Gasteiger partial charge is 0.491 e. The molecule has 0 spiro atoms. The van der Waals surface area contributed by atoms with Gasteiger partial charge in [0.05, 0.1) is 6.26 Å². The minimum absolute atomic E-state index is 0.0253. The Morgan fingerprint density at radius 1 is 1.29 bits per heavy atom. The van der Waals surface area contributed by atoms with E-state index in [9.17, 15) is 9.59 Å². The van der Waals surface area contributed by atoms with E-state index in [4.69, 9.17) is 13.9 Å². The maximum Gasteiger partial charge on any atom is 0.336 e. The topological polar surface area (TPSA) is 65.7 Å². The number of fused-ring (bicyclic) bond motifs is 2. The van der Waals surface area contributed by atoms with Crippen LogP contribution in [0.1, 0.15) is 33.3 Å². The van der Waals surface area contributed by atoms with Crippen LogP contribution < -0.4 is 10.4 Å². The van der Waals surface area contributed by atoms with Gasteiger partial charge in [0.15, 0.2) is 5.78 Å². The molecule has 1 aliphatic heterocycles. The van der Waals surface area contributed by atoms with Gasteiger partial charge in [-0.2, -0.15) is 0 Å². The van der Waals surface area contributed by atoms with Gasteiger partial charge < -0.3 is 13.9 Å². The summed E-state index contributed by atoms with van der Waals surface area (Å²) in [6, 6.07) is 6.87. The maximum atomic E-state index is 11.3. The summed E-state index contributed by atoms with van der Waals surface area (Å²) in [6.07, 6.45) is 1.97. The standard InChI is InChI=1S/C19H20O5/c1-11(12(2)20)10-22-19(3,4)17-8-14-7-13-5-6-18(21)24-15(13)9-16(14)23-17/h5-7,9-10,17H,8H2,1-4H3/b11-10-/t17-/m0/s1. The zero-order chi connectivity index (χ0) is 17.5. The first-order valence-electron chi connectivity index (χ1n) is 7.85. The summed E-state index contributed by atoms with van der Waals surface area (Å²) in [7, 11) is 0. The number of allylic oxidation sites excluding steroid dienone is 1. The van der Waals surface area contributed by atoms with Gasteiger partial charge in [0.25, 0.3) is 0 Å². The molecule has 0 bridgehead atoms. The first kappa shape index (κ1) is 16.3. The van der Waals surface area contributed by atoms with Gasteiger partial charge in [0.1, 0.15) is 23.0 Å². The molecule has 24 heavy (non-hydrogen) atoms. The van der Waals surface area contributed by atoms with Crippen molar-refractivity contribution in [3.8, 4) is 5.75 Å².